The Morgan fingerprint density at radius 3 is 2.28 bits per heavy atom. The molecule has 100 valence electrons. The van der Waals surface area contributed by atoms with Crippen LogP contribution in [0.1, 0.15) is 10.4 Å². The predicted molar refractivity (Wildman–Crippen MR) is 60.9 cm³/mol. The van der Waals surface area contributed by atoms with Crippen LogP contribution < -0.4 is 0 Å². The lowest BCUT2D eigenvalue weighted by molar-refractivity contribution is -0.00950. The highest BCUT2D eigenvalue weighted by molar-refractivity contribution is 9.10. The van der Waals surface area contributed by atoms with Crippen molar-refractivity contribution in [2.45, 2.75) is 5.25 Å². The van der Waals surface area contributed by atoms with Crippen LogP contribution in [-0.2, 0) is 14.9 Å². The molecule has 0 fully saturated rings. The third-order valence-corrected chi connectivity index (χ3v) is 3.23. The minimum absolute atomic E-state index is 0.0238. The number of benzene rings is 1. The third-order valence-electron chi connectivity index (χ3n) is 1.83. The largest absolute Gasteiger partial charge is 0.454 e. The van der Waals surface area contributed by atoms with E-state index in [0.717, 1.165) is 0 Å². The molecular formula is C9H7BrF2O5S. The Kier molecular flexibility index (Phi) is 4.41. The summed E-state index contributed by atoms with van der Waals surface area (Å²) in [6, 6.07) is 5.57. The minimum Gasteiger partial charge on any atom is -0.454 e. The van der Waals surface area contributed by atoms with Gasteiger partial charge in [0, 0.05) is 4.47 Å². The maximum atomic E-state index is 12.7. The van der Waals surface area contributed by atoms with E-state index in [1.165, 1.54) is 24.3 Å². The Hall–Kier alpha value is -1.06. The van der Waals surface area contributed by atoms with Gasteiger partial charge in [0.05, 0.1) is 5.56 Å². The Bertz CT molecular complexity index is 541. The summed E-state index contributed by atoms with van der Waals surface area (Å²) in [5, 5.41) is -4.53. The number of hydrogen-bond acceptors (Lipinski definition) is 4. The summed E-state index contributed by atoms with van der Waals surface area (Å²) in [5.41, 5.74) is -0.0238. The molecule has 1 N–H and O–H groups in total. The fourth-order valence-corrected chi connectivity index (χ4v) is 1.37. The normalized spacial score (nSPS) is 12.2. The lowest BCUT2D eigenvalue weighted by Crippen LogP contribution is -2.34. The lowest BCUT2D eigenvalue weighted by Gasteiger charge is -2.12. The summed E-state index contributed by atoms with van der Waals surface area (Å²) < 4.78 is 59.0. The van der Waals surface area contributed by atoms with E-state index in [1.807, 2.05) is 0 Å². The quantitative estimate of drug-likeness (QED) is 0.668. The van der Waals surface area contributed by atoms with E-state index in [9.17, 15) is 22.0 Å². The number of alkyl halides is 2. The number of ether oxygens (including phenoxy) is 1. The molecule has 0 radical (unpaired) electrons. The van der Waals surface area contributed by atoms with Crippen LogP contribution in [0, 0.1) is 0 Å². The molecule has 0 heterocycles. The highest BCUT2D eigenvalue weighted by atomic mass is 79.9. The van der Waals surface area contributed by atoms with Gasteiger partial charge in [0.2, 0.25) is 0 Å². The van der Waals surface area contributed by atoms with Gasteiger partial charge in [-0.3, -0.25) is 4.55 Å². The van der Waals surface area contributed by atoms with Crippen LogP contribution in [0.2, 0.25) is 0 Å². The highest BCUT2D eigenvalue weighted by Gasteiger charge is 2.45. The number of carbonyl (C=O) groups excluding carboxylic acids is 1. The number of esters is 1. The van der Waals surface area contributed by atoms with Crippen molar-refractivity contribution < 1.29 is 31.3 Å². The minimum atomic E-state index is -5.60. The fraction of sp³-hybridized carbons (Fsp3) is 0.222. The average Bonchev–Trinajstić information content (AvgIpc) is 2.25. The number of carbonyl (C=O) groups is 1. The van der Waals surface area contributed by atoms with Crippen LogP contribution in [0.15, 0.2) is 28.7 Å². The molecule has 0 bridgehead atoms. The number of halogens is 3. The van der Waals surface area contributed by atoms with Crippen molar-refractivity contribution in [2.75, 3.05) is 6.61 Å². The van der Waals surface area contributed by atoms with Crippen molar-refractivity contribution in [3.63, 3.8) is 0 Å². The van der Waals surface area contributed by atoms with Gasteiger partial charge in [0.25, 0.3) is 0 Å². The maximum Gasteiger partial charge on any atom is 0.402 e. The van der Waals surface area contributed by atoms with Gasteiger partial charge < -0.3 is 4.74 Å². The van der Waals surface area contributed by atoms with Gasteiger partial charge in [-0.2, -0.15) is 17.2 Å². The first-order chi connectivity index (χ1) is 8.13. The third kappa shape index (κ3) is 3.72. The molecule has 0 saturated carbocycles. The van der Waals surface area contributed by atoms with E-state index in [2.05, 4.69) is 20.7 Å². The zero-order chi connectivity index (χ0) is 14.0. The van der Waals surface area contributed by atoms with Crippen molar-refractivity contribution in [3.05, 3.63) is 34.3 Å². The van der Waals surface area contributed by atoms with Crippen LogP contribution in [0.25, 0.3) is 0 Å². The molecular weight excluding hydrogens is 338 g/mol. The fourth-order valence-electron chi connectivity index (χ4n) is 0.893. The van der Waals surface area contributed by atoms with Crippen LogP contribution in [-0.4, -0.2) is 30.8 Å². The van der Waals surface area contributed by atoms with Crippen LogP contribution >= 0.6 is 15.9 Å². The van der Waals surface area contributed by atoms with Crippen molar-refractivity contribution in [2.24, 2.45) is 0 Å². The molecule has 9 heteroatoms. The zero-order valence-corrected chi connectivity index (χ0v) is 11.0. The molecule has 0 aliphatic heterocycles. The van der Waals surface area contributed by atoms with E-state index in [4.69, 9.17) is 4.55 Å². The summed E-state index contributed by atoms with van der Waals surface area (Å²) in [7, 11) is -5.60. The smallest absolute Gasteiger partial charge is 0.402 e. The van der Waals surface area contributed by atoms with Crippen LogP contribution in [0.3, 0.4) is 0 Å². The molecule has 0 amide bonds. The molecule has 0 aliphatic carbocycles. The summed E-state index contributed by atoms with van der Waals surface area (Å²) in [6.45, 7) is -1.75. The molecule has 1 aromatic rings. The monoisotopic (exact) mass is 344 g/mol. The van der Waals surface area contributed by atoms with E-state index in [-0.39, 0.29) is 5.56 Å². The van der Waals surface area contributed by atoms with Gasteiger partial charge in [0.15, 0.2) is 6.61 Å². The second-order valence-electron chi connectivity index (χ2n) is 3.20. The molecule has 0 saturated heterocycles. The SMILES string of the molecule is O=C(OCC(F)(F)S(=O)(=O)O)c1ccc(Br)cc1. The first-order valence-corrected chi connectivity index (χ1v) is 6.64. The number of rotatable bonds is 4. The molecule has 0 aliphatic rings. The van der Waals surface area contributed by atoms with Crippen LogP contribution in [0.4, 0.5) is 8.78 Å². The van der Waals surface area contributed by atoms with Gasteiger partial charge in [-0.25, -0.2) is 4.79 Å². The first kappa shape index (κ1) is 15.0. The summed E-state index contributed by atoms with van der Waals surface area (Å²) in [5.74, 6) is -1.12. The summed E-state index contributed by atoms with van der Waals surface area (Å²) in [4.78, 5) is 11.3. The summed E-state index contributed by atoms with van der Waals surface area (Å²) in [6.07, 6.45) is 0. The van der Waals surface area contributed by atoms with Gasteiger partial charge >= 0.3 is 21.3 Å². The van der Waals surface area contributed by atoms with Crippen LogP contribution in [0.5, 0.6) is 0 Å². The molecule has 0 atom stereocenters. The molecule has 18 heavy (non-hydrogen) atoms. The highest BCUT2D eigenvalue weighted by Crippen LogP contribution is 2.21. The second kappa shape index (κ2) is 5.29. The van der Waals surface area contributed by atoms with E-state index >= 15 is 0 Å². The van der Waals surface area contributed by atoms with Crippen molar-refractivity contribution in [1.29, 1.82) is 0 Å². The molecule has 5 nitrogen and oxygen atoms in total. The molecule has 0 aromatic heterocycles. The Morgan fingerprint density at radius 1 is 1.33 bits per heavy atom. The molecule has 1 rings (SSSR count). The summed E-state index contributed by atoms with van der Waals surface area (Å²) >= 11 is 3.11. The standard InChI is InChI=1S/C9H7BrF2O5S/c10-7-3-1-6(2-4-7)8(13)17-5-9(11,12)18(14,15)16/h1-4H,5H2,(H,14,15,16). The maximum absolute atomic E-state index is 12.7. The van der Waals surface area contributed by atoms with Crippen molar-refractivity contribution >= 4 is 32.0 Å². The van der Waals surface area contributed by atoms with Gasteiger partial charge in [-0.05, 0) is 24.3 Å². The van der Waals surface area contributed by atoms with Gasteiger partial charge in [0.1, 0.15) is 0 Å². The zero-order valence-electron chi connectivity index (χ0n) is 8.64. The topological polar surface area (TPSA) is 80.7 Å². The van der Waals surface area contributed by atoms with Crippen molar-refractivity contribution in [3.8, 4) is 0 Å². The molecule has 1 aromatic carbocycles. The Morgan fingerprint density at radius 2 is 1.83 bits per heavy atom. The van der Waals surface area contributed by atoms with Gasteiger partial charge in [-0.15, -0.1) is 0 Å². The van der Waals surface area contributed by atoms with E-state index in [1.54, 1.807) is 0 Å². The van der Waals surface area contributed by atoms with E-state index < -0.39 is 27.9 Å². The Labute approximate surface area is 110 Å². The van der Waals surface area contributed by atoms with E-state index in [0.29, 0.717) is 4.47 Å². The molecule has 0 unspecified atom stereocenters. The second-order valence-corrected chi connectivity index (χ2v) is 5.66. The van der Waals surface area contributed by atoms with Crippen molar-refractivity contribution in [1.82, 2.24) is 0 Å². The van der Waals surface area contributed by atoms with Gasteiger partial charge in [-0.1, -0.05) is 15.9 Å². The molecule has 0 spiro atoms. The Balaban J connectivity index is 2.70. The predicted octanol–water partition coefficient (Wildman–Crippen LogP) is 2.09. The first-order valence-electron chi connectivity index (χ1n) is 4.41. The average molecular weight is 345 g/mol. The number of hydrogen-bond donors (Lipinski definition) is 1. The lowest BCUT2D eigenvalue weighted by atomic mass is 10.2.